The van der Waals surface area contributed by atoms with Crippen LogP contribution in [0, 0.1) is 0 Å². The fourth-order valence-corrected chi connectivity index (χ4v) is 5.68. The van der Waals surface area contributed by atoms with Crippen molar-refractivity contribution in [2.75, 3.05) is 5.75 Å². The number of rotatable bonds is 1. The van der Waals surface area contributed by atoms with E-state index < -0.39 is 0 Å². The molecule has 0 N–H and O–H groups in total. The van der Waals surface area contributed by atoms with Gasteiger partial charge < -0.3 is 0 Å². The van der Waals surface area contributed by atoms with Crippen LogP contribution in [0.25, 0.3) is 0 Å². The van der Waals surface area contributed by atoms with Gasteiger partial charge in [-0.1, -0.05) is 23.8 Å². The summed E-state index contributed by atoms with van der Waals surface area (Å²) in [5.74, 6) is 1.12. The molecule has 3 heterocycles. The SMILES string of the molecule is CC1=CSC(=C2C=CCS2)C1(C)c1cccs1. The normalized spacial score (nSPS) is 32.2. The maximum Gasteiger partial charge on any atom is 0.0556 e. The summed E-state index contributed by atoms with van der Waals surface area (Å²) in [5.41, 5.74) is 1.57. The molecule has 3 rings (SSSR count). The Kier molecular flexibility index (Phi) is 3.01. The molecule has 0 nitrogen and oxygen atoms in total. The van der Waals surface area contributed by atoms with Crippen molar-refractivity contribution in [1.29, 1.82) is 0 Å². The van der Waals surface area contributed by atoms with Crippen LogP contribution in [-0.2, 0) is 5.41 Å². The summed E-state index contributed by atoms with van der Waals surface area (Å²) in [6.45, 7) is 4.61. The molecular formula is C14H14S3. The van der Waals surface area contributed by atoms with Crippen LogP contribution in [0.2, 0.25) is 0 Å². The van der Waals surface area contributed by atoms with E-state index in [0.29, 0.717) is 0 Å². The summed E-state index contributed by atoms with van der Waals surface area (Å²) < 4.78 is 0. The Morgan fingerprint density at radius 3 is 2.88 bits per heavy atom. The van der Waals surface area contributed by atoms with Crippen LogP contribution in [0.15, 0.2) is 50.5 Å². The van der Waals surface area contributed by atoms with Crippen molar-refractivity contribution in [1.82, 2.24) is 0 Å². The summed E-state index contributed by atoms with van der Waals surface area (Å²) in [7, 11) is 0. The quantitative estimate of drug-likeness (QED) is 0.695. The third-order valence-corrected chi connectivity index (χ3v) is 7.00. The molecule has 17 heavy (non-hydrogen) atoms. The zero-order valence-electron chi connectivity index (χ0n) is 9.90. The Bertz CT molecular complexity index is 520. The van der Waals surface area contributed by atoms with Gasteiger partial charge in [0.2, 0.25) is 0 Å². The molecule has 0 amide bonds. The number of hydrogen-bond acceptors (Lipinski definition) is 3. The molecule has 2 aliphatic heterocycles. The second kappa shape index (κ2) is 4.38. The summed E-state index contributed by atoms with van der Waals surface area (Å²) in [5, 5.41) is 4.49. The maximum absolute atomic E-state index is 2.36. The Labute approximate surface area is 115 Å². The monoisotopic (exact) mass is 278 g/mol. The molecule has 2 aliphatic rings. The van der Waals surface area contributed by atoms with Crippen LogP contribution < -0.4 is 0 Å². The molecule has 88 valence electrons. The van der Waals surface area contributed by atoms with Gasteiger partial charge in [-0.2, -0.15) is 0 Å². The van der Waals surface area contributed by atoms with Gasteiger partial charge in [-0.05, 0) is 30.7 Å². The molecule has 0 fully saturated rings. The van der Waals surface area contributed by atoms with Gasteiger partial charge >= 0.3 is 0 Å². The lowest BCUT2D eigenvalue weighted by atomic mass is 9.81. The second-order valence-corrected chi connectivity index (χ2v) is 7.32. The zero-order valence-corrected chi connectivity index (χ0v) is 12.3. The maximum atomic E-state index is 2.36. The molecule has 1 unspecified atom stereocenters. The summed E-state index contributed by atoms with van der Waals surface area (Å²) in [6.07, 6.45) is 4.54. The van der Waals surface area contributed by atoms with Crippen molar-refractivity contribution in [3.05, 3.63) is 55.3 Å². The highest BCUT2D eigenvalue weighted by molar-refractivity contribution is 8.08. The van der Waals surface area contributed by atoms with E-state index in [1.165, 1.54) is 20.3 Å². The minimum Gasteiger partial charge on any atom is -0.148 e. The van der Waals surface area contributed by atoms with Crippen molar-refractivity contribution in [2.45, 2.75) is 19.3 Å². The molecule has 3 heteroatoms. The first-order valence-electron chi connectivity index (χ1n) is 5.65. The molecule has 0 radical (unpaired) electrons. The highest BCUT2D eigenvalue weighted by atomic mass is 32.2. The molecule has 0 aliphatic carbocycles. The number of hydrogen-bond donors (Lipinski definition) is 0. The Morgan fingerprint density at radius 1 is 1.35 bits per heavy atom. The lowest BCUT2D eigenvalue weighted by molar-refractivity contribution is 0.716. The highest BCUT2D eigenvalue weighted by Crippen LogP contribution is 2.55. The minimum absolute atomic E-state index is 0.107. The van der Waals surface area contributed by atoms with E-state index in [-0.39, 0.29) is 5.41 Å². The van der Waals surface area contributed by atoms with Gasteiger partial charge in [-0.3, -0.25) is 0 Å². The predicted octanol–water partition coefficient (Wildman–Crippen LogP) is 5.17. The average Bonchev–Trinajstić information content (AvgIpc) is 3.02. The van der Waals surface area contributed by atoms with Crippen LogP contribution in [0.5, 0.6) is 0 Å². The number of thioether (sulfide) groups is 2. The van der Waals surface area contributed by atoms with Crippen molar-refractivity contribution in [3.63, 3.8) is 0 Å². The van der Waals surface area contributed by atoms with Crippen LogP contribution >= 0.6 is 34.9 Å². The number of allylic oxidation sites excluding steroid dienone is 3. The number of thiophene rings is 1. The molecule has 1 aromatic heterocycles. The third kappa shape index (κ3) is 1.76. The average molecular weight is 278 g/mol. The zero-order chi connectivity index (χ0) is 11.9. The van der Waals surface area contributed by atoms with Crippen molar-refractivity contribution in [2.24, 2.45) is 0 Å². The van der Waals surface area contributed by atoms with E-state index in [4.69, 9.17) is 0 Å². The largest absolute Gasteiger partial charge is 0.148 e. The van der Waals surface area contributed by atoms with Crippen LogP contribution in [0.1, 0.15) is 18.7 Å². The van der Waals surface area contributed by atoms with Gasteiger partial charge in [0.1, 0.15) is 0 Å². The second-order valence-electron chi connectivity index (χ2n) is 4.43. The molecule has 1 atom stereocenters. The minimum atomic E-state index is 0.107. The smallest absolute Gasteiger partial charge is 0.0556 e. The fourth-order valence-electron chi connectivity index (χ4n) is 2.22. The van der Waals surface area contributed by atoms with Crippen LogP contribution in [0.3, 0.4) is 0 Å². The van der Waals surface area contributed by atoms with E-state index in [0.717, 1.165) is 5.75 Å². The van der Waals surface area contributed by atoms with Gasteiger partial charge in [-0.25, -0.2) is 0 Å². The standard InChI is InChI=1S/C14H14S3/c1-10-9-17-13(11-5-3-7-15-11)14(10,2)12-6-4-8-16-12/h3-6,8-9H,7H2,1-2H3. The predicted molar refractivity (Wildman–Crippen MR) is 81.6 cm³/mol. The highest BCUT2D eigenvalue weighted by Gasteiger charge is 2.39. The third-order valence-electron chi connectivity index (χ3n) is 3.44. The van der Waals surface area contributed by atoms with E-state index in [1.807, 2.05) is 34.9 Å². The molecule has 0 aromatic carbocycles. The molecule has 0 saturated heterocycles. The van der Waals surface area contributed by atoms with Gasteiger partial charge in [0, 0.05) is 20.4 Å². The summed E-state index contributed by atoms with van der Waals surface area (Å²) in [6, 6.07) is 4.42. The summed E-state index contributed by atoms with van der Waals surface area (Å²) >= 11 is 5.73. The van der Waals surface area contributed by atoms with E-state index in [1.54, 1.807) is 0 Å². The molecule has 0 bridgehead atoms. The molecular weight excluding hydrogens is 264 g/mol. The fraction of sp³-hybridized carbons (Fsp3) is 0.286. The van der Waals surface area contributed by atoms with Crippen LogP contribution in [0.4, 0.5) is 0 Å². The molecule has 0 saturated carbocycles. The first-order chi connectivity index (χ1) is 8.23. The van der Waals surface area contributed by atoms with Gasteiger partial charge in [0.15, 0.2) is 0 Å². The first kappa shape index (κ1) is 11.7. The topological polar surface area (TPSA) is 0 Å². The Hall–Kier alpha value is -0.380. The lowest BCUT2D eigenvalue weighted by Crippen LogP contribution is -2.21. The van der Waals surface area contributed by atoms with E-state index in [9.17, 15) is 0 Å². The van der Waals surface area contributed by atoms with Gasteiger partial charge in [0.05, 0.1) is 5.41 Å². The van der Waals surface area contributed by atoms with E-state index in [2.05, 4.69) is 48.9 Å². The van der Waals surface area contributed by atoms with Crippen molar-refractivity contribution in [3.8, 4) is 0 Å². The Balaban J connectivity index is 2.14. The van der Waals surface area contributed by atoms with Gasteiger partial charge in [-0.15, -0.1) is 34.9 Å². The van der Waals surface area contributed by atoms with Crippen LogP contribution in [-0.4, -0.2) is 5.75 Å². The van der Waals surface area contributed by atoms with Crippen molar-refractivity contribution >= 4 is 34.9 Å². The Morgan fingerprint density at radius 2 is 2.24 bits per heavy atom. The van der Waals surface area contributed by atoms with Crippen molar-refractivity contribution < 1.29 is 0 Å². The van der Waals surface area contributed by atoms with Gasteiger partial charge in [0.25, 0.3) is 0 Å². The van der Waals surface area contributed by atoms with E-state index >= 15 is 0 Å². The molecule has 0 spiro atoms. The lowest BCUT2D eigenvalue weighted by Gasteiger charge is -2.27. The molecule has 1 aromatic rings. The first-order valence-corrected chi connectivity index (χ1v) is 8.39. The summed E-state index contributed by atoms with van der Waals surface area (Å²) in [4.78, 5) is 4.43.